The maximum absolute atomic E-state index is 14.1. The van der Waals surface area contributed by atoms with Crippen molar-refractivity contribution in [2.24, 2.45) is 5.92 Å². The number of urea groups is 1. The summed E-state index contributed by atoms with van der Waals surface area (Å²) in [5.41, 5.74) is -2.21. The van der Waals surface area contributed by atoms with Crippen molar-refractivity contribution in [2.75, 3.05) is 34.3 Å². The summed E-state index contributed by atoms with van der Waals surface area (Å²) in [5.74, 6) is -1.63. The third-order valence-corrected chi connectivity index (χ3v) is 13.5. The van der Waals surface area contributed by atoms with Crippen LogP contribution < -0.4 is 4.72 Å². The Morgan fingerprint density at radius 1 is 1.02 bits per heavy atom. The average Bonchev–Trinajstić information content (AvgIpc) is 3.15. The number of carbonyl (C=O) groups is 2. The van der Waals surface area contributed by atoms with Gasteiger partial charge in [-0.1, -0.05) is 24.6 Å². The minimum atomic E-state index is -4.28. The summed E-state index contributed by atoms with van der Waals surface area (Å²) in [6, 6.07) is 5.26. The van der Waals surface area contributed by atoms with Crippen LogP contribution in [-0.2, 0) is 43.2 Å². The fourth-order valence-corrected chi connectivity index (χ4v) is 8.96. The highest BCUT2D eigenvalue weighted by molar-refractivity contribution is 7.90. The fraction of sp³-hybridized carbons (Fsp3) is 0.805. The van der Waals surface area contributed by atoms with Gasteiger partial charge in [0, 0.05) is 39.0 Å². The monoisotopic (exact) mass is 843 g/mol. The number of β-amino-alcohol motifs (C(OH)–C–C–N with tert-alkyl or cyclic N) is 1. The van der Waals surface area contributed by atoms with Gasteiger partial charge in [-0.3, -0.25) is 4.79 Å². The van der Waals surface area contributed by atoms with Crippen molar-refractivity contribution in [3.05, 3.63) is 29.8 Å². The molecule has 4 rings (SSSR count). The van der Waals surface area contributed by atoms with Gasteiger partial charge in [0.2, 0.25) is 0 Å². The molecule has 0 aromatic heterocycles. The topological polar surface area (TPSA) is 203 Å². The minimum absolute atomic E-state index is 0.0212. The highest BCUT2D eigenvalue weighted by atomic mass is 32.2. The third kappa shape index (κ3) is 12.3. The Kier molecular flexibility index (Phi) is 17.0. The van der Waals surface area contributed by atoms with Gasteiger partial charge in [0.1, 0.15) is 23.9 Å². The molecule has 0 unspecified atom stereocenters. The van der Waals surface area contributed by atoms with E-state index in [0.717, 1.165) is 16.9 Å². The molecule has 0 aliphatic carbocycles. The molecule has 1 aromatic rings. The summed E-state index contributed by atoms with van der Waals surface area (Å²) >= 11 is 0. The molecule has 58 heavy (non-hydrogen) atoms. The molecule has 3 heterocycles. The number of nitrogens with zero attached hydrogens (tertiary/aromatic N) is 2. The average molecular weight is 844 g/mol. The first-order chi connectivity index (χ1) is 27.1. The van der Waals surface area contributed by atoms with E-state index in [4.69, 9.17) is 28.4 Å². The number of aryl methyl sites for hydroxylation is 1. The molecule has 0 saturated carbocycles. The number of amides is 2. The lowest BCUT2D eigenvalue weighted by molar-refractivity contribution is -0.295. The zero-order valence-electron chi connectivity index (χ0n) is 36.0. The van der Waals surface area contributed by atoms with Gasteiger partial charge in [-0.15, -0.1) is 0 Å². The first-order valence-corrected chi connectivity index (χ1v) is 22.1. The lowest BCUT2D eigenvalue weighted by Gasteiger charge is -2.45. The van der Waals surface area contributed by atoms with E-state index in [9.17, 15) is 33.3 Å². The number of hydrogen-bond donors (Lipinski definition) is 4. The molecule has 16 nitrogen and oxygen atoms in total. The minimum Gasteiger partial charge on any atom is -0.459 e. The van der Waals surface area contributed by atoms with Crippen LogP contribution >= 0.6 is 0 Å². The van der Waals surface area contributed by atoms with Gasteiger partial charge in [0.25, 0.3) is 10.0 Å². The molecule has 0 spiro atoms. The number of nitrogens with one attached hydrogen (secondary N) is 1. The second kappa shape index (κ2) is 20.4. The highest BCUT2D eigenvalue weighted by Gasteiger charge is 2.48. The number of sulfonamides is 1. The van der Waals surface area contributed by atoms with E-state index < -0.39 is 94.9 Å². The molecule has 3 fully saturated rings. The summed E-state index contributed by atoms with van der Waals surface area (Å²) in [6.45, 7) is 11.5. The number of rotatable bonds is 9. The molecular formula is C41H69N3O13S. The number of hydrogen-bond acceptors (Lipinski definition) is 14. The molecule has 3 aliphatic heterocycles. The van der Waals surface area contributed by atoms with Crippen molar-refractivity contribution in [1.29, 1.82) is 0 Å². The number of carbonyl (C=O) groups excluding carboxylic acids is 2. The first-order valence-electron chi connectivity index (χ1n) is 20.6. The van der Waals surface area contributed by atoms with E-state index in [1.165, 1.54) is 26.2 Å². The van der Waals surface area contributed by atoms with Crippen molar-refractivity contribution in [3.63, 3.8) is 0 Å². The van der Waals surface area contributed by atoms with Crippen molar-refractivity contribution >= 4 is 22.0 Å². The first kappa shape index (κ1) is 48.2. The Morgan fingerprint density at radius 3 is 2.31 bits per heavy atom. The van der Waals surface area contributed by atoms with Crippen molar-refractivity contribution in [1.82, 2.24) is 14.5 Å². The second-order valence-corrected chi connectivity index (χ2v) is 18.8. The Hall–Kier alpha value is -2.45. The number of esters is 1. The number of methoxy groups -OCH3 is 1. The van der Waals surface area contributed by atoms with Crippen LogP contribution in [0.15, 0.2) is 29.2 Å². The summed E-state index contributed by atoms with van der Waals surface area (Å²) in [6.07, 6.45) is -4.11. The van der Waals surface area contributed by atoms with Crippen LogP contribution in [0.25, 0.3) is 0 Å². The molecular weight excluding hydrogens is 775 g/mol. The summed E-state index contributed by atoms with van der Waals surface area (Å²) < 4.78 is 66.0. The Bertz CT molecular complexity index is 1600. The maximum Gasteiger partial charge on any atom is 0.331 e. The van der Waals surface area contributed by atoms with E-state index in [2.05, 4.69) is 9.62 Å². The Labute approximate surface area is 344 Å². The molecule has 3 aliphatic rings. The summed E-state index contributed by atoms with van der Waals surface area (Å²) in [7, 11) is 1.27. The molecule has 3 saturated heterocycles. The van der Waals surface area contributed by atoms with Crippen molar-refractivity contribution in [2.45, 2.75) is 177 Å². The lowest BCUT2D eigenvalue weighted by atomic mass is 9.88. The van der Waals surface area contributed by atoms with Crippen LogP contribution in [0.4, 0.5) is 4.79 Å². The predicted molar refractivity (Wildman–Crippen MR) is 214 cm³/mol. The molecule has 17 heteroatoms. The Balaban J connectivity index is 1.67. The number of aliphatic hydroxyl groups excluding tert-OH is 2. The molecule has 4 N–H and O–H groups in total. The number of aliphatic hydroxyl groups is 3. The molecule has 2 amide bonds. The van der Waals surface area contributed by atoms with Crippen LogP contribution in [0.5, 0.6) is 0 Å². The van der Waals surface area contributed by atoms with Gasteiger partial charge in [-0.2, -0.15) is 0 Å². The van der Waals surface area contributed by atoms with Crippen LogP contribution in [0.2, 0.25) is 0 Å². The van der Waals surface area contributed by atoms with Crippen LogP contribution in [-0.4, -0.2) is 152 Å². The Morgan fingerprint density at radius 2 is 1.69 bits per heavy atom. The maximum atomic E-state index is 14.1. The van der Waals surface area contributed by atoms with Crippen molar-refractivity contribution in [3.8, 4) is 0 Å². The summed E-state index contributed by atoms with van der Waals surface area (Å²) in [4.78, 5) is 31.0. The highest BCUT2D eigenvalue weighted by Crippen LogP contribution is 2.36. The van der Waals surface area contributed by atoms with E-state index in [1.54, 1.807) is 39.8 Å². The van der Waals surface area contributed by atoms with Crippen LogP contribution in [0.1, 0.15) is 98.5 Å². The molecule has 332 valence electrons. The zero-order chi connectivity index (χ0) is 43.2. The van der Waals surface area contributed by atoms with E-state index in [0.29, 0.717) is 25.7 Å². The van der Waals surface area contributed by atoms with Crippen LogP contribution in [0.3, 0.4) is 0 Å². The molecule has 0 radical (unpaired) electrons. The number of ether oxygens (including phenoxy) is 6. The zero-order valence-corrected chi connectivity index (χ0v) is 36.8. The van der Waals surface area contributed by atoms with E-state index in [1.807, 2.05) is 27.9 Å². The summed E-state index contributed by atoms with van der Waals surface area (Å²) in [5, 5.41) is 34.1. The second-order valence-electron chi connectivity index (χ2n) is 17.1. The van der Waals surface area contributed by atoms with Gasteiger partial charge in [-0.25, -0.2) is 17.9 Å². The normalized spacial score (nSPS) is 37.7. The standard InChI is InChI=1S/C41H69N3O13S/c1-11-34-41(7,49)33(45)24-44(39(48)42-58(50,51)31-17-15-25(2)16-18-31)19-13-12-14-30(55-35-21-29(43(8)9)20-26(3)53-35)22-32(27(4)38(47)57-34)56-36-23-40(6,52-10)37(46)28(5)54-36/h15-18,26-30,32-37,45-46,49H,11-14,19-24H2,1-10H3,(H,42,48)/t26-,27-,28+,29-,30+,32+,33-,34-,35+,36-,37+,40-,41+/m1/s1. The van der Waals surface area contributed by atoms with Gasteiger partial charge in [0.05, 0.1) is 47.4 Å². The number of benzene rings is 1. The lowest BCUT2D eigenvalue weighted by Crippen LogP contribution is -2.58. The van der Waals surface area contributed by atoms with Gasteiger partial charge < -0.3 is 53.5 Å². The predicted octanol–water partition coefficient (Wildman–Crippen LogP) is 3.47. The largest absolute Gasteiger partial charge is 0.459 e. The van der Waals surface area contributed by atoms with Gasteiger partial charge in [-0.05, 0) is 99.9 Å². The number of cyclic esters (lactones) is 1. The van der Waals surface area contributed by atoms with E-state index in [-0.39, 0.29) is 42.8 Å². The SMILES string of the molecule is CC[C@H]1OC(=O)[C@H](C)[C@@H](O[C@@H]2C[C@@](C)(OC)[C@@H](O)[C@H](C)O2)C[C@@H](O[C@H]2C[C@H](N(C)C)C[C@@H](C)O2)CCCCN(C(=O)NS(=O)(=O)c2ccc(C)cc2)C[C@@H](O)[C@]1(C)O. The smallest absolute Gasteiger partial charge is 0.331 e. The van der Waals surface area contributed by atoms with Gasteiger partial charge in [0.15, 0.2) is 12.6 Å². The fourth-order valence-electron chi connectivity index (χ4n) is 7.99. The van der Waals surface area contributed by atoms with Crippen molar-refractivity contribution < 1.29 is 61.7 Å². The quantitative estimate of drug-likeness (QED) is 0.263. The molecule has 13 atom stereocenters. The van der Waals surface area contributed by atoms with Gasteiger partial charge >= 0.3 is 12.0 Å². The van der Waals surface area contributed by atoms with Crippen LogP contribution in [0, 0.1) is 12.8 Å². The molecule has 1 aromatic carbocycles. The van der Waals surface area contributed by atoms with E-state index >= 15 is 0 Å². The molecule has 0 bridgehead atoms. The third-order valence-electron chi connectivity index (χ3n) is 12.1.